The lowest BCUT2D eigenvalue weighted by Crippen LogP contribution is -2.12. The molecule has 10 aromatic rings. The Morgan fingerprint density at radius 2 is 0.852 bits per heavy atom. The van der Waals surface area contributed by atoms with Crippen molar-refractivity contribution in [3.8, 4) is 44.5 Å². The molecule has 1 aromatic heterocycles. The van der Waals surface area contributed by atoms with Crippen molar-refractivity contribution in [1.82, 2.24) is 0 Å². The van der Waals surface area contributed by atoms with Gasteiger partial charge in [0.05, 0.1) is 11.4 Å². The normalized spacial score (nSPS) is 11.3. The number of hydrogen-bond acceptors (Lipinski definition) is 2. The third-order valence-corrected chi connectivity index (χ3v) is 10.5. The maximum Gasteiger partial charge on any atom is 0.159 e. The molecule has 0 aliphatic rings. The molecule has 0 atom stereocenters. The quantitative estimate of drug-likeness (QED) is 0.166. The molecule has 2 heteroatoms. The van der Waals surface area contributed by atoms with Gasteiger partial charge in [-0.25, -0.2) is 0 Å². The van der Waals surface area contributed by atoms with Gasteiger partial charge in [-0.2, -0.15) is 0 Å². The highest BCUT2D eigenvalue weighted by Crippen LogP contribution is 2.48. The first-order chi connectivity index (χ1) is 26.8. The smallest absolute Gasteiger partial charge is 0.159 e. The van der Waals surface area contributed by atoms with E-state index in [-0.39, 0.29) is 0 Å². The maximum absolute atomic E-state index is 6.76. The molecule has 0 unspecified atom stereocenters. The summed E-state index contributed by atoms with van der Waals surface area (Å²) in [6.07, 6.45) is 0. The highest BCUT2D eigenvalue weighted by Gasteiger charge is 2.24. The second kappa shape index (κ2) is 13.4. The van der Waals surface area contributed by atoms with E-state index in [1.54, 1.807) is 0 Å². The van der Waals surface area contributed by atoms with E-state index in [4.69, 9.17) is 4.42 Å². The monoisotopic (exact) mass is 689 g/mol. The molecule has 10 rings (SSSR count). The number of furan rings is 1. The average Bonchev–Trinajstić information content (AvgIpc) is 3.64. The molecule has 9 aromatic carbocycles. The van der Waals surface area contributed by atoms with Crippen molar-refractivity contribution >= 4 is 49.8 Å². The van der Waals surface area contributed by atoms with Gasteiger partial charge in [0, 0.05) is 22.0 Å². The zero-order valence-corrected chi connectivity index (χ0v) is 29.6. The number of para-hydroxylation sites is 3. The van der Waals surface area contributed by atoms with Crippen LogP contribution in [0.15, 0.2) is 217 Å². The van der Waals surface area contributed by atoms with Gasteiger partial charge in [-0.05, 0) is 80.0 Å². The summed E-state index contributed by atoms with van der Waals surface area (Å²) in [4.78, 5) is 2.39. The lowest BCUT2D eigenvalue weighted by molar-refractivity contribution is 0.669. The van der Waals surface area contributed by atoms with Crippen molar-refractivity contribution in [2.75, 3.05) is 4.90 Å². The number of rotatable bonds is 7. The molecule has 1 heterocycles. The molecular weight excluding hydrogens is 655 g/mol. The molecule has 0 saturated carbocycles. The van der Waals surface area contributed by atoms with E-state index in [1.165, 1.54) is 33.0 Å². The largest absolute Gasteiger partial charge is 0.454 e. The van der Waals surface area contributed by atoms with Crippen molar-refractivity contribution in [1.29, 1.82) is 0 Å². The van der Waals surface area contributed by atoms with Crippen LogP contribution in [0.25, 0.3) is 77.2 Å². The number of nitrogens with zero attached hydrogens (tertiary/aromatic N) is 1. The van der Waals surface area contributed by atoms with Gasteiger partial charge in [0.15, 0.2) is 5.58 Å². The maximum atomic E-state index is 6.76. The Bertz CT molecular complexity index is 2940. The SMILES string of the molecule is c1ccc(-c2ccc(N(c3ccccc3-c3ccccc3-c3cccc4ccccc34)c3cccc4c3oc3ccccc34)cc2-c2ccccc2)cc1. The van der Waals surface area contributed by atoms with Gasteiger partial charge < -0.3 is 9.32 Å². The van der Waals surface area contributed by atoms with Crippen LogP contribution in [0.2, 0.25) is 0 Å². The molecule has 0 spiro atoms. The van der Waals surface area contributed by atoms with Gasteiger partial charge in [0.1, 0.15) is 5.58 Å². The summed E-state index contributed by atoms with van der Waals surface area (Å²) in [6, 6.07) is 75.9. The predicted octanol–water partition coefficient (Wildman–Crippen LogP) is 14.9. The number of fused-ring (bicyclic) bond motifs is 4. The second-order valence-electron chi connectivity index (χ2n) is 13.6. The molecule has 54 heavy (non-hydrogen) atoms. The Kier molecular flexibility index (Phi) is 7.85. The minimum Gasteiger partial charge on any atom is -0.454 e. The summed E-state index contributed by atoms with van der Waals surface area (Å²) >= 11 is 0. The number of hydrogen-bond donors (Lipinski definition) is 0. The Labute approximate surface area is 314 Å². The molecule has 0 bridgehead atoms. The van der Waals surface area contributed by atoms with Gasteiger partial charge in [0.2, 0.25) is 0 Å². The molecule has 0 aliphatic heterocycles. The summed E-state index contributed by atoms with van der Waals surface area (Å²) in [5.41, 5.74) is 14.2. The van der Waals surface area contributed by atoms with Crippen molar-refractivity contribution in [3.05, 3.63) is 212 Å². The molecule has 0 fully saturated rings. The van der Waals surface area contributed by atoms with Gasteiger partial charge >= 0.3 is 0 Å². The molecule has 0 amide bonds. The van der Waals surface area contributed by atoms with Crippen LogP contribution >= 0.6 is 0 Å². The van der Waals surface area contributed by atoms with Gasteiger partial charge in [-0.3, -0.25) is 0 Å². The van der Waals surface area contributed by atoms with E-state index in [1.807, 2.05) is 6.07 Å². The molecule has 0 saturated heterocycles. The second-order valence-corrected chi connectivity index (χ2v) is 13.6. The van der Waals surface area contributed by atoms with Crippen LogP contribution in [0.5, 0.6) is 0 Å². The van der Waals surface area contributed by atoms with E-state index >= 15 is 0 Å². The Morgan fingerprint density at radius 1 is 0.315 bits per heavy atom. The van der Waals surface area contributed by atoms with E-state index in [0.29, 0.717) is 0 Å². The fourth-order valence-corrected chi connectivity index (χ4v) is 8.02. The van der Waals surface area contributed by atoms with Crippen LogP contribution in [0.1, 0.15) is 0 Å². The highest BCUT2D eigenvalue weighted by atomic mass is 16.3. The number of anilines is 3. The molecule has 2 nitrogen and oxygen atoms in total. The summed E-state index contributed by atoms with van der Waals surface area (Å²) in [5, 5.41) is 4.65. The van der Waals surface area contributed by atoms with E-state index < -0.39 is 0 Å². The van der Waals surface area contributed by atoms with E-state index in [2.05, 4.69) is 211 Å². The minimum atomic E-state index is 0.851. The first-order valence-electron chi connectivity index (χ1n) is 18.4. The van der Waals surface area contributed by atoms with Crippen LogP contribution in [0, 0.1) is 0 Å². The van der Waals surface area contributed by atoms with Crippen molar-refractivity contribution in [2.45, 2.75) is 0 Å². The molecule has 0 aliphatic carbocycles. The zero-order valence-electron chi connectivity index (χ0n) is 29.6. The van der Waals surface area contributed by atoms with Gasteiger partial charge in [-0.1, -0.05) is 182 Å². The van der Waals surface area contributed by atoms with Crippen molar-refractivity contribution in [2.24, 2.45) is 0 Å². The Balaban J connectivity index is 1.26. The fraction of sp³-hybridized carbons (Fsp3) is 0. The first-order valence-corrected chi connectivity index (χ1v) is 18.4. The topological polar surface area (TPSA) is 16.4 Å². The third kappa shape index (κ3) is 5.44. The van der Waals surface area contributed by atoms with Crippen molar-refractivity contribution < 1.29 is 4.42 Å². The van der Waals surface area contributed by atoms with Crippen LogP contribution in [0.4, 0.5) is 17.1 Å². The lowest BCUT2D eigenvalue weighted by atomic mass is 9.90. The third-order valence-electron chi connectivity index (χ3n) is 10.5. The fourth-order valence-electron chi connectivity index (χ4n) is 8.02. The van der Waals surface area contributed by atoms with Gasteiger partial charge in [0.25, 0.3) is 0 Å². The Morgan fingerprint density at radius 3 is 1.65 bits per heavy atom. The standard InChI is InChI=1S/C52H35NO/c1-3-17-36(18-4-1)41-34-33-39(35-48(41)38-19-5-2-6-20-38)53(50-31-16-29-47-46-27-12-14-32-51(46)54-52(47)50)49-30-13-11-26-45(49)44-25-10-9-24-43(44)42-28-15-22-37-21-7-8-23-40(37)42/h1-35H. The minimum absolute atomic E-state index is 0.851. The van der Waals surface area contributed by atoms with Gasteiger partial charge in [-0.15, -0.1) is 0 Å². The predicted molar refractivity (Wildman–Crippen MR) is 228 cm³/mol. The summed E-state index contributed by atoms with van der Waals surface area (Å²) < 4.78 is 6.76. The van der Waals surface area contributed by atoms with E-state index in [0.717, 1.165) is 61.3 Å². The lowest BCUT2D eigenvalue weighted by Gasteiger charge is -2.29. The van der Waals surface area contributed by atoms with Crippen LogP contribution in [-0.2, 0) is 0 Å². The van der Waals surface area contributed by atoms with Crippen LogP contribution < -0.4 is 4.90 Å². The molecule has 0 radical (unpaired) electrons. The molecule has 254 valence electrons. The van der Waals surface area contributed by atoms with E-state index in [9.17, 15) is 0 Å². The highest BCUT2D eigenvalue weighted by molar-refractivity contribution is 6.11. The van der Waals surface area contributed by atoms with Crippen LogP contribution in [-0.4, -0.2) is 0 Å². The summed E-state index contributed by atoms with van der Waals surface area (Å²) in [7, 11) is 0. The Hall–Kier alpha value is -7.16. The first kappa shape index (κ1) is 31.6. The number of benzene rings is 9. The van der Waals surface area contributed by atoms with Crippen LogP contribution in [0.3, 0.4) is 0 Å². The molecule has 0 N–H and O–H groups in total. The average molecular weight is 690 g/mol. The van der Waals surface area contributed by atoms with Crippen molar-refractivity contribution in [3.63, 3.8) is 0 Å². The molecular formula is C52H35NO. The summed E-state index contributed by atoms with van der Waals surface area (Å²) in [5.74, 6) is 0. The zero-order chi connectivity index (χ0) is 35.8. The summed E-state index contributed by atoms with van der Waals surface area (Å²) in [6.45, 7) is 0.